The van der Waals surface area contributed by atoms with Crippen molar-refractivity contribution >= 4 is 22.0 Å². The van der Waals surface area contributed by atoms with Crippen LogP contribution in [0.15, 0.2) is 82.2 Å². The van der Waals surface area contributed by atoms with Gasteiger partial charge in [0.25, 0.3) is 6.02 Å². The molecule has 8 nitrogen and oxygen atoms in total. The van der Waals surface area contributed by atoms with E-state index < -0.39 is 0 Å². The number of nitrogens with zero attached hydrogens (tertiary/aromatic N) is 3. The standard InChI is InChI=1S/C24H30N2O5.C5H4BrN.C2H2/c1-16-11-17(2)31-24(25-16)26(14-18-7-9-20(27-3)12-22(18)29-5)15-19-8-10-21(28-4)13-23(19)30-6;6-5-1-3-7-4-2-5;1-2/h7-13,16H,14-15H2,1-6H3;1-4H;1-2H/t16-;;/m0../s1. The van der Waals surface area contributed by atoms with Crippen molar-refractivity contribution in [3.8, 4) is 35.8 Å². The highest BCUT2D eigenvalue weighted by Crippen LogP contribution is 2.30. The van der Waals surface area contributed by atoms with Crippen LogP contribution in [0.25, 0.3) is 0 Å². The fourth-order valence-corrected chi connectivity index (χ4v) is 4.04. The van der Waals surface area contributed by atoms with Crippen LogP contribution in [0.5, 0.6) is 23.0 Å². The molecule has 0 spiro atoms. The van der Waals surface area contributed by atoms with E-state index in [4.69, 9.17) is 28.7 Å². The Hall–Kier alpha value is -4.16. The second-order valence-electron chi connectivity index (χ2n) is 8.41. The van der Waals surface area contributed by atoms with Crippen molar-refractivity contribution < 1.29 is 23.7 Å². The number of rotatable bonds is 8. The van der Waals surface area contributed by atoms with Gasteiger partial charge in [0.15, 0.2) is 0 Å². The Morgan fingerprint density at radius 3 is 1.70 bits per heavy atom. The van der Waals surface area contributed by atoms with Gasteiger partial charge in [-0.2, -0.15) is 0 Å². The molecule has 0 aliphatic carbocycles. The molecule has 0 N–H and O–H groups in total. The number of benzene rings is 2. The number of halogens is 1. The van der Waals surface area contributed by atoms with Crippen LogP contribution >= 0.6 is 15.9 Å². The summed E-state index contributed by atoms with van der Waals surface area (Å²) in [5.41, 5.74) is 1.98. The third-order valence-electron chi connectivity index (χ3n) is 5.66. The highest BCUT2D eigenvalue weighted by molar-refractivity contribution is 9.10. The average Bonchev–Trinajstić information content (AvgIpc) is 2.98. The molecule has 0 radical (unpaired) electrons. The Bertz CT molecular complexity index is 1240. The monoisotopic (exact) mass is 609 g/mol. The summed E-state index contributed by atoms with van der Waals surface area (Å²) in [5, 5.41) is 0. The predicted molar refractivity (Wildman–Crippen MR) is 162 cm³/mol. The molecule has 1 aliphatic heterocycles. The highest BCUT2D eigenvalue weighted by Gasteiger charge is 2.22. The first-order valence-electron chi connectivity index (χ1n) is 12.4. The maximum atomic E-state index is 6.01. The summed E-state index contributed by atoms with van der Waals surface area (Å²) in [6.45, 7) is 5.03. The number of aliphatic imine (C=N–C) groups is 1. The van der Waals surface area contributed by atoms with Gasteiger partial charge in [-0.3, -0.25) is 4.98 Å². The summed E-state index contributed by atoms with van der Waals surface area (Å²) in [5.74, 6) is 3.78. The Balaban J connectivity index is 0.000000534. The maximum absolute atomic E-state index is 6.01. The van der Waals surface area contributed by atoms with E-state index in [0.29, 0.717) is 19.1 Å². The topological polar surface area (TPSA) is 74.6 Å². The summed E-state index contributed by atoms with van der Waals surface area (Å²) in [6.07, 6.45) is 13.5. The number of allylic oxidation sites excluding steroid dienone is 1. The molecule has 0 amide bonds. The van der Waals surface area contributed by atoms with Crippen molar-refractivity contribution in [2.75, 3.05) is 28.4 Å². The Morgan fingerprint density at radius 1 is 0.825 bits per heavy atom. The summed E-state index contributed by atoms with van der Waals surface area (Å²) in [4.78, 5) is 10.6. The van der Waals surface area contributed by atoms with Gasteiger partial charge in [-0.15, -0.1) is 12.8 Å². The molecule has 2 aromatic carbocycles. The molecule has 0 fully saturated rings. The van der Waals surface area contributed by atoms with Gasteiger partial charge in [0.1, 0.15) is 28.8 Å². The quantitative estimate of drug-likeness (QED) is 0.270. The minimum absolute atomic E-state index is 0.0294. The lowest BCUT2D eigenvalue weighted by atomic mass is 10.1. The molecule has 3 aromatic rings. The first kappa shape index (κ1) is 32.1. The third kappa shape index (κ3) is 9.54. The van der Waals surface area contributed by atoms with Crippen LogP contribution in [0, 0.1) is 12.8 Å². The van der Waals surface area contributed by atoms with E-state index in [-0.39, 0.29) is 6.04 Å². The van der Waals surface area contributed by atoms with Crippen LogP contribution in [0.4, 0.5) is 0 Å². The Morgan fingerprint density at radius 2 is 1.32 bits per heavy atom. The summed E-state index contributed by atoms with van der Waals surface area (Å²) >= 11 is 3.27. The fourth-order valence-electron chi connectivity index (χ4n) is 3.80. The SMILES string of the molecule is Brc1ccncc1.C#C.COc1ccc(CN(Cc2ccc(OC)cc2OC)C2=N[C@@H](C)C=C(C)O2)c(OC)c1. The molecular weight excluding hydrogens is 574 g/mol. The number of terminal acetylenes is 1. The number of hydrogen-bond acceptors (Lipinski definition) is 8. The molecule has 1 atom stereocenters. The molecule has 2 heterocycles. The molecular formula is C31H36BrN3O5. The van der Waals surface area contributed by atoms with E-state index >= 15 is 0 Å². The zero-order valence-electron chi connectivity index (χ0n) is 23.8. The molecule has 0 unspecified atom stereocenters. The van der Waals surface area contributed by atoms with Crippen LogP contribution < -0.4 is 18.9 Å². The molecule has 0 saturated carbocycles. The Kier molecular flexibility index (Phi) is 13.4. The first-order chi connectivity index (χ1) is 19.4. The molecule has 9 heteroatoms. The summed E-state index contributed by atoms with van der Waals surface area (Å²) < 4.78 is 28.9. The lowest BCUT2D eigenvalue weighted by Gasteiger charge is -2.29. The minimum Gasteiger partial charge on any atom is -0.497 e. The largest absolute Gasteiger partial charge is 0.497 e. The number of amidine groups is 1. The van der Waals surface area contributed by atoms with Crippen LogP contribution in [-0.2, 0) is 17.8 Å². The minimum atomic E-state index is 0.0294. The van der Waals surface area contributed by atoms with Crippen LogP contribution in [0.2, 0.25) is 0 Å². The van der Waals surface area contributed by atoms with Crippen molar-refractivity contribution in [1.82, 2.24) is 9.88 Å². The van der Waals surface area contributed by atoms with Crippen molar-refractivity contribution in [3.05, 3.63) is 88.4 Å². The van der Waals surface area contributed by atoms with Crippen molar-refractivity contribution in [3.63, 3.8) is 0 Å². The fraction of sp³-hybridized carbons (Fsp3) is 0.290. The number of aromatic nitrogens is 1. The first-order valence-corrected chi connectivity index (χ1v) is 13.2. The van der Waals surface area contributed by atoms with E-state index in [1.54, 1.807) is 40.8 Å². The summed E-state index contributed by atoms with van der Waals surface area (Å²) in [7, 11) is 6.58. The smallest absolute Gasteiger partial charge is 0.293 e. The summed E-state index contributed by atoms with van der Waals surface area (Å²) in [6, 6.07) is 15.9. The van der Waals surface area contributed by atoms with E-state index in [1.807, 2.05) is 68.5 Å². The number of ether oxygens (including phenoxy) is 5. The predicted octanol–water partition coefficient (Wildman–Crippen LogP) is 6.50. The molecule has 0 saturated heterocycles. The van der Waals surface area contributed by atoms with Gasteiger partial charge in [-0.05, 0) is 56.3 Å². The van der Waals surface area contributed by atoms with Crippen molar-refractivity contribution in [2.45, 2.75) is 33.0 Å². The zero-order valence-corrected chi connectivity index (χ0v) is 25.3. The molecule has 4 rings (SSSR count). The highest BCUT2D eigenvalue weighted by atomic mass is 79.9. The van der Waals surface area contributed by atoms with E-state index in [0.717, 1.165) is 44.4 Å². The van der Waals surface area contributed by atoms with Gasteiger partial charge < -0.3 is 28.6 Å². The van der Waals surface area contributed by atoms with E-state index in [9.17, 15) is 0 Å². The van der Waals surface area contributed by atoms with Gasteiger partial charge in [-0.25, -0.2) is 4.99 Å². The van der Waals surface area contributed by atoms with Gasteiger partial charge in [0, 0.05) is 40.1 Å². The van der Waals surface area contributed by atoms with Gasteiger partial charge in [-0.1, -0.05) is 15.9 Å². The number of methoxy groups -OCH3 is 4. The maximum Gasteiger partial charge on any atom is 0.293 e. The van der Waals surface area contributed by atoms with Gasteiger partial charge in [0.2, 0.25) is 0 Å². The van der Waals surface area contributed by atoms with Crippen LogP contribution in [0.1, 0.15) is 25.0 Å². The molecule has 0 bridgehead atoms. The third-order valence-corrected chi connectivity index (χ3v) is 6.19. The van der Waals surface area contributed by atoms with Gasteiger partial charge >= 0.3 is 0 Å². The van der Waals surface area contributed by atoms with E-state index in [2.05, 4.69) is 38.7 Å². The normalized spacial score (nSPS) is 13.5. The molecule has 1 aliphatic rings. The number of pyridine rings is 1. The second kappa shape index (κ2) is 16.7. The van der Waals surface area contributed by atoms with E-state index in [1.165, 1.54) is 0 Å². The number of hydrogen-bond donors (Lipinski definition) is 0. The molecule has 40 heavy (non-hydrogen) atoms. The van der Waals surface area contributed by atoms with Gasteiger partial charge in [0.05, 0.1) is 47.6 Å². The molecule has 212 valence electrons. The average molecular weight is 611 g/mol. The van der Waals surface area contributed by atoms with Crippen LogP contribution in [0.3, 0.4) is 0 Å². The van der Waals surface area contributed by atoms with Crippen LogP contribution in [-0.4, -0.2) is 50.4 Å². The lowest BCUT2D eigenvalue weighted by molar-refractivity contribution is 0.263. The molecule has 1 aromatic heterocycles. The lowest BCUT2D eigenvalue weighted by Crippen LogP contribution is -2.34. The Labute approximate surface area is 245 Å². The van der Waals surface area contributed by atoms with Crippen molar-refractivity contribution in [2.24, 2.45) is 4.99 Å². The van der Waals surface area contributed by atoms with Crippen molar-refractivity contribution in [1.29, 1.82) is 0 Å². The second-order valence-corrected chi connectivity index (χ2v) is 9.32. The zero-order chi connectivity index (χ0) is 29.5.